The van der Waals surface area contributed by atoms with Crippen molar-refractivity contribution in [3.8, 4) is 11.1 Å². The van der Waals surface area contributed by atoms with Crippen molar-refractivity contribution in [3.05, 3.63) is 71.9 Å². The highest BCUT2D eigenvalue weighted by molar-refractivity contribution is 5.97. The van der Waals surface area contributed by atoms with Crippen LogP contribution < -0.4 is 5.48 Å². The fourth-order valence-corrected chi connectivity index (χ4v) is 2.57. The number of ketones is 1. The molecule has 0 saturated heterocycles. The van der Waals surface area contributed by atoms with Gasteiger partial charge < -0.3 is 4.52 Å². The van der Waals surface area contributed by atoms with Crippen molar-refractivity contribution in [1.29, 1.82) is 0 Å². The van der Waals surface area contributed by atoms with Crippen molar-refractivity contribution in [2.24, 2.45) is 0 Å². The van der Waals surface area contributed by atoms with Crippen molar-refractivity contribution in [2.45, 2.75) is 19.3 Å². The van der Waals surface area contributed by atoms with E-state index in [2.05, 4.69) is 10.1 Å². The number of nitrogens with one attached hydrogen (secondary N) is 1. The molecule has 1 aromatic carbocycles. The number of benzene rings is 1. The van der Waals surface area contributed by atoms with Gasteiger partial charge in [0.2, 0.25) is 0 Å². The zero-order valence-electron chi connectivity index (χ0n) is 13.9. The third kappa shape index (κ3) is 4.20. The van der Waals surface area contributed by atoms with Gasteiger partial charge in [-0.15, -0.1) is 0 Å². The van der Waals surface area contributed by atoms with E-state index in [-0.39, 0.29) is 11.5 Å². The van der Waals surface area contributed by atoms with Gasteiger partial charge in [-0.2, -0.15) is 0 Å². The number of rotatable bonds is 7. The standard InChI is InChI=1S/C19H17N3O4/c23-18(8-2-7-16-11-17(22-26-16)19(24)21-25)14-5-1-4-13(10-14)15-6-3-9-20-12-15/h1,3-6,9-12,25H,2,7-8H2,(H,21,24). The first kappa shape index (κ1) is 17.5. The molecule has 0 saturated carbocycles. The number of amides is 1. The van der Waals surface area contributed by atoms with Crippen LogP contribution in [0.25, 0.3) is 11.1 Å². The van der Waals surface area contributed by atoms with E-state index in [1.807, 2.05) is 30.3 Å². The summed E-state index contributed by atoms with van der Waals surface area (Å²) in [6.07, 6.45) is 4.84. The SMILES string of the molecule is O=C(CCCc1cc(C(=O)NO)no1)c1cccc(-c2cccnc2)c1. The molecule has 132 valence electrons. The van der Waals surface area contributed by atoms with Gasteiger partial charge in [0, 0.05) is 42.4 Å². The number of nitrogens with zero attached hydrogens (tertiary/aromatic N) is 2. The summed E-state index contributed by atoms with van der Waals surface area (Å²) in [5.41, 5.74) is 4.03. The smallest absolute Gasteiger partial charge is 0.296 e. The van der Waals surface area contributed by atoms with E-state index in [1.165, 1.54) is 11.5 Å². The first-order valence-electron chi connectivity index (χ1n) is 8.11. The average Bonchev–Trinajstić information content (AvgIpc) is 3.17. The highest BCUT2D eigenvalue weighted by atomic mass is 16.5. The zero-order chi connectivity index (χ0) is 18.4. The van der Waals surface area contributed by atoms with Gasteiger partial charge in [-0.3, -0.25) is 19.8 Å². The second kappa shape index (κ2) is 8.17. The van der Waals surface area contributed by atoms with E-state index >= 15 is 0 Å². The maximum Gasteiger partial charge on any atom is 0.296 e. The lowest BCUT2D eigenvalue weighted by atomic mass is 10.00. The van der Waals surface area contributed by atoms with E-state index in [0.717, 1.165) is 11.1 Å². The summed E-state index contributed by atoms with van der Waals surface area (Å²) >= 11 is 0. The second-order valence-electron chi connectivity index (χ2n) is 5.72. The maximum absolute atomic E-state index is 12.4. The lowest BCUT2D eigenvalue weighted by Gasteiger charge is -2.04. The first-order chi connectivity index (χ1) is 12.7. The van der Waals surface area contributed by atoms with Gasteiger partial charge in [0.15, 0.2) is 11.5 Å². The molecule has 0 aliphatic rings. The predicted octanol–water partition coefficient (Wildman–Crippen LogP) is 3.06. The van der Waals surface area contributed by atoms with Crippen LogP contribution in [0.2, 0.25) is 0 Å². The number of hydrogen-bond acceptors (Lipinski definition) is 6. The molecule has 0 spiro atoms. The van der Waals surface area contributed by atoms with Crippen LogP contribution in [0, 0.1) is 0 Å². The van der Waals surface area contributed by atoms with Crippen LogP contribution >= 0.6 is 0 Å². The van der Waals surface area contributed by atoms with Crippen LogP contribution in [0.3, 0.4) is 0 Å². The Morgan fingerprint density at radius 1 is 1.12 bits per heavy atom. The minimum Gasteiger partial charge on any atom is -0.361 e. The number of aryl methyl sites for hydroxylation is 1. The summed E-state index contributed by atoms with van der Waals surface area (Å²) in [5.74, 6) is -0.215. The molecule has 0 aliphatic heterocycles. The van der Waals surface area contributed by atoms with Crippen LogP contribution in [0.1, 0.15) is 39.4 Å². The summed E-state index contributed by atoms with van der Waals surface area (Å²) in [4.78, 5) is 27.7. The summed E-state index contributed by atoms with van der Waals surface area (Å²) in [5, 5.41) is 12.1. The highest BCUT2D eigenvalue weighted by Crippen LogP contribution is 2.20. The van der Waals surface area contributed by atoms with Gasteiger partial charge in [-0.1, -0.05) is 29.4 Å². The van der Waals surface area contributed by atoms with Crippen molar-refractivity contribution in [2.75, 3.05) is 0 Å². The van der Waals surface area contributed by atoms with E-state index in [4.69, 9.17) is 9.73 Å². The topological polar surface area (TPSA) is 105 Å². The Bertz CT molecular complexity index is 906. The monoisotopic (exact) mass is 351 g/mol. The van der Waals surface area contributed by atoms with Crippen LogP contribution in [-0.4, -0.2) is 27.0 Å². The molecule has 7 nitrogen and oxygen atoms in total. The highest BCUT2D eigenvalue weighted by Gasteiger charge is 2.12. The van der Waals surface area contributed by atoms with Crippen LogP contribution in [-0.2, 0) is 6.42 Å². The summed E-state index contributed by atoms with van der Waals surface area (Å²) in [7, 11) is 0. The molecule has 3 aromatic rings. The van der Waals surface area contributed by atoms with Crippen molar-refractivity contribution in [3.63, 3.8) is 0 Å². The Labute approximate surface area is 149 Å². The Morgan fingerprint density at radius 3 is 2.73 bits per heavy atom. The van der Waals surface area contributed by atoms with Crippen molar-refractivity contribution >= 4 is 11.7 Å². The fraction of sp³-hybridized carbons (Fsp3) is 0.158. The minimum absolute atomic E-state index is 0.00185. The zero-order valence-corrected chi connectivity index (χ0v) is 13.9. The van der Waals surface area contributed by atoms with Gasteiger partial charge in [0.25, 0.3) is 5.91 Å². The van der Waals surface area contributed by atoms with Gasteiger partial charge in [0.1, 0.15) is 5.76 Å². The van der Waals surface area contributed by atoms with Gasteiger partial charge >= 0.3 is 0 Å². The van der Waals surface area contributed by atoms with Gasteiger partial charge in [0.05, 0.1) is 0 Å². The lowest BCUT2D eigenvalue weighted by molar-refractivity contribution is 0.0696. The fourth-order valence-electron chi connectivity index (χ4n) is 2.57. The largest absolute Gasteiger partial charge is 0.361 e. The molecule has 1 amide bonds. The van der Waals surface area contributed by atoms with Crippen molar-refractivity contribution in [1.82, 2.24) is 15.6 Å². The molecule has 0 unspecified atom stereocenters. The molecule has 0 radical (unpaired) electrons. The third-order valence-corrected chi connectivity index (χ3v) is 3.90. The number of carbonyl (C=O) groups is 2. The van der Waals surface area contributed by atoms with Gasteiger partial charge in [-0.25, -0.2) is 5.48 Å². The molecule has 0 bridgehead atoms. The Morgan fingerprint density at radius 2 is 1.96 bits per heavy atom. The molecule has 2 aromatic heterocycles. The lowest BCUT2D eigenvalue weighted by Crippen LogP contribution is -2.18. The molecular weight excluding hydrogens is 334 g/mol. The van der Waals surface area contributed by atoms with Gasteiger partial charge in [-0.05, 0) is 24.1 Å². The number of hydroxylamine groups is 1. The summed E-state index contributed by atoms with van der Waals surface area (Å²) < 4.78 is 5.01. The normalized spacial score (nSPS) is 10.5. The quantitative estimate of drug-likeness (QED) is 0.385. The molecule has 7 heteroatoms. The summed E-state index contributed by atoms with van der Waals surface area (Å²) in [6.45, 7) is 0. The number of carbonyl (C=O) groups excluding carboxylic acids is 2. The summed E-state index contributed by atoms with van der Waals surface area (Å²) in [6, 6.07) is 12.7. The number of hydrogen-bond donors (Lipinski definition) is 2. The molecular formula is C19H17N3O4. The average molecular weight is 351 g/mol. The Balaban J connectivity index is 1.59. The Kier molecular flexibility index (Phi) is 5.50. The van der Waals surface area contributed by atoms with Crippen LogP contribution in [0.4, 0.5) is 0 Å². The van der Waals surface area contributed by atoms with E-state index in [0.29, 0.717) is 30.6 Å². The van der Waals surface area contributed by atoms with E-state index in [1.54, 1.807) is 18.5 Å². The maximum atomic E-state index is 12.4. The number of aromatic nitrogens is 2. The van der Waals surface area contributed by atoms with E-state index < -0.39 is 5.91 Å². The molecule has 0 atom stereocenters. The third-order valence-electron chi connectivity index (χ3n) is 3.90. The molecule has 0 fully saturated rings. The first-order valence-corrected chi connectivity index (χ1v) is 8.11. The van der Waals surface area contributed by atoms with Crippen LogP contribution in [0.15, 0.2) is 59.4 Å². The molecule has 26 heavy (non-hydrogen) atoms. The minimum atomic E-state index is -0.733. The Hall–Kier alpha value is -3.32. The van der Waals surface area contributed by atoms with Crippen molar-refractivity contribution < 1.29 is 19.3 Å². The number of pyridine rings is 1. The molecule has 2 heterocycles. The second-order valence-corrected chi connectivity index (χ2v) is 5.72. The predicted molar refractivity (Wildman–Crippen MR) is 92.7 cm³/mol. The van der Waals surface area contributed by atoms with E-state index in [9.17, 15) is 9.59 Å². The molecule has 3 rings (SSSR count). The molecule has 2 N–H and O–H groups in total. The van der Waals surface area contributed by atoms with Crippen LogP contribution in [0.5, 0.6) is 0 Å². The number of Topliss-reactive ketones (excluding diaryl/α,β-unsaturated/α-hetero) is 1. The molecule has 0 aliphatic carbocycles.